The number of nitrogens with one attached hydrogen (secondary N) is 2. The highest BCUT2D eigenvalue weighted by Gasteiger charge is 2.08. The number of hydrogen-bond acceptors (Lipinski definition) is 4. The molecule has 22 heavy (non-hydrogen) atoms. The molecule has 0 saturated heterocycles. The molecule has 0 atom stereocenters. The Morgan fingerprint density at radius 3 is 2.73 bits per heavy atom. The number of aromatic nitrogens is 2. The molecule has 0 aliphatic heterocycles. The first-order valence-corrected chi connectivity index (χ1v) is 6.67. The largest absolute Gasteiger partial charge is 0.508 e. The van der Waals surface area contributed by atoms with Crippen LogP contribution in [0.1, 0.15) is 16.1 Å². The van der Waals surface area contributed by atoms with Gasteiger partial charge in [0.25, 0.3) is 0 Å². The Morgan fingerprint density at radius 1 is 1.23 bits per heavy atom. The van der Waals surface area contributed by atoms with Crippen molar-refractivity contribution < 1.29 is 14.7 Å². The van der Waals surface area contributed by atoms with Gasteiger partial charge in [0.1, 0.15) is 11.4 Å². The molecule has 0 bridgehead atoms. The van der Waals surface area contributed by atoms with Gasteiger partial charge in [0.15, 0.2) is 6.29 Å². The molecule has 6 heteroatoms. The van der Waals surface area contributed by atoms with E-state index in [0.29, 0.717) is 23.2 Å². The summed E-state index contributed by atoms with van der Waals surface area (Å²) >= 11 is 0. The Hall–Kier alpha value is -3.15. The average Bonchev–Trinajstić information content (AvgIpc) is 2.92. The van der Waals surface area contributed by atoms with Crippen molar-refractivity contribution in [3.8, 4) is 5.75 Å². The molecule has 0 aliphatic rings. The van der Waals surface area contributed by atoms with E-state index in [1.807, 2.05) is 0 Å². The normalized spacial score (nSPS) is 10.5. The van der Waals surface area contributed by atoms with Crippen LogP contribution in [0.25, 0.3) is 10.9 Å². The van der Waals surface area contributed by atoms with Gasteiger partial charge in [-0.25, -0.2) is 0 Å². The van der Waals surface area contributed by atoms with E-state index in [9.17, 15) is 14.7 Å². The number of anilines is 1. The zero-order valence-corrected chi connectivity index (χ0v) is 11.5. The Balaban J connectivity index is 1.73. The second kappa shape index (κ2) is 5.69. The third-order valence-electron chi connectivity index (χ3n) is 3.28. The maximum absolute atomic E-state index is 12.0. The lowest BCUT2D eigenvalue weighted by molar-refractivity contribution is -0.115. The smallest absolute Gasteiger partial charge is 0.228 e. The summed E-state index contributed by atoms with van der Waals surface area (Å²) in [4.78, 5) is 22.8. The molecule has 6 nitrogen and oxygen atoms in total. The second-order valence-corrected chi connectivity index (χ2v) is 4.88. The summed E-state index contributed by atoms with van der Waals surface area (Å²) in [6.07, 6.45) is 0.909. The van der Waals surface area contributed by atoms with Crippen LogP contribution in [0.5, 0.6) is 5.75 Å². The molecule has 1 heterocycles. The Morgan fingerprint density at radius 2 is 2.00 bits per heavy atom. The standard InChI is InChI=1S/C16H13N3O3/c20-9-15-13-6-1-10(7-14(13)18-19-15)8-16(22)17-11-2-4-12(21)5-3-11/h1-7,9,21H,8H2,(H,17,22)(H,18,19). The molecular formula is C16H13N3O3. The van der Waals surface area contributed by atoms with Crippen LogP contribution in [-0.2, 0) is 11.2 Å². The Bertz CT molecular complexity index is 837. The number of hydrogen-bond donors (Lipinski definition) is 3. The van der Waals surface area contributed by atoms with Gasteiger partial charge in [-0.15, -0.1) is 0 Å². The van der Waals surface area contributed by atoms with Crippen molar-refractivity contribution in [1.29, 1.82) is 0 Å². The topological polar surface area (TPSA) is 95.1 Å². The van der Waals surface area contributed by atoms with Gasteiger partial charge < -0.3 is 10.4 Å². The molecule has 3 aromatic rings. The number of H-pyrrole nitrogens is 1. The van der Waals surface area contributed by atoms with Gasteiger partial charge in [0.05, 0.1) is 11.9 Å². The summed E-state index contributed by atoms with van der Waals surface area (Å²) in [6.45, 7) is 0. The summed E-state index contributed by atoms with van der Waals surface area (Å²) in [5.74, 6) is -0.0239. The van der Waals surface area contributed by atoms with Gasteiger partial charge >= 0.3 is 0 Å². The number of carbonyl (C=O) groups is 2. The third kappa shape index (κ3) is 2.80. The van der Waals surface area contributed by atoms with Crippen molar-refractivity contribution in [1.82, 2.24) is 10.2 Å². The lowest BCUT2D eigenvalue weighted by Gasteiger charge is -2.05. The average molecular weight is 295 g/mol. The Kier molecular flexibility index (Phi) is 3.57. The van der Waals surface area contributed by atoms with Crippen molar-refractivity contribution in [2.24, 2.45) is 0 Å². The maximum Gasteiger partial charge on any atom is 0.228 e. The first-order valence-electron chi connectivity index (χ1n) is 6.67. The minimum absolute atomic E-state index is 0.146. The molecular weight excluding hydrogens is 282 g/mol. The van der Waals surface area contributed by atoms with Gasteiger partial charge in [0.2, 0.25) is 5.91 Å². The second-order valence-electron chi connectivity index (χ2n) is 4.88. The molecule has 0 fully saturated rings. The van der Waals surface area contributed by atoms with Crippen molar-refractivity contribution in [3.63, 3.8) is 0 Å². The van der Waals surface area contributed by atoms with E-state index in [1.54, 1.807) is 30.3 Å². The summed E-state index contributed by atoms with van der Waals surface area (Å²) in [5, 5.41) is 19.4. The first kappa shape index (κ1) is 13.8. The number of aromatic hydroxyl groups is 1. The van der Waals surface area contributed by atoms with E-state index in [0.717, 1.165) is 10.9 Å². The zero-order valence-electron chi connectivity index (χ0n) is 11.5. The van der Waals surface area contributed by atoms with Crippen LogP contribution in [0.3, 0.4) is 0 Å². The fourth-order valence-corrected chi connectivity index (χ4v) is 2.21. The molecule has 110 valence electrons. The quantitative estimate of drug-likeness (QED) is 0.508. The molecule has 0 saturated carbocycles. The number of amides is 1. The Labute approximate surface area is 125 Å². The van der Waals surface area contributed by atoms with E-state index in [2.05, 4.69) is 15.5 Å². The molecule has 0 spiro atoms. The highest BCUT2D eigenvalue weighted by atomic mass is 16.3. The minimum atomic E-state index is -0.170. The number of phenolic OH excluding ortho intramolecular Hbond substituents is 1. The molecule has 0 aliphatic carbocycles. The summed E-state index contributed by atoms with van der Waals surface area (Å²) in [6, 6.07) is 11.6. The number of carbonyl (C=O) groups excluding carboxylic acids is 2. The van der Waals surface area contributed by atoms with Crippen molar-refractivity contribution in [3.05, 3.63) is 53.7 Å². The van der Waals surface area contributed by atoms with Gasteiger partial charge in [-0.2, -0.15) is 5.10 Å². The van der Waals surface area contributed by atoms with Crippen molar-refractivity contribution in [2.45, 2.75) is 6.42 Å². The predicted octanol–water partition coefficient (Wildman–Crippen LogP) is 2.26. The van der Waals surface area contributed by atoms with Crippen molar-refractivity contribution in [2.75, 3.05) is 5.32 Å². The van der Waals surface area contributed by atoms with E-state index in [1.165, 1.54) is 12.1 Å². The van der Waals surface area contributed by atoms with E-state index in [4.69, 9.17) is 0 Å². The summed E-state index contributed by atoms with van der Waals surface area (Å²) in [7, 11) is 0. The lowest BCUT2D eigenvalue weighted by Crippen LogP contribution is -2.14. The maximum atomic E-state index is 12.0. The van der Waals surface area contributed by atoms with Gasteiger partial charge in [0, 0.05) is 11.1 Å². The highest BCUT2D eigenvalue weighted by Crippen LogP contribution is 2.18. The number of phenols is 1. The molecule has 0 unspecified atom stereocenters. The summed E-state index contributed by atoms with van der Waals surface area (Å²) in [5.41, 5.74) is 2.49. The highest BCUT2D eigenvalue weighted by molar-refractivity contribution is 5.96. The van der Waals surface area contributed by atoms with E-state index in [-0.39, 0.29) is 18.1 Å². The monoisotopic (exact) mass is 295 g/mol. The minimum Gasteiger partial charge on any atom is -0.508 e. The van der Waals surface area contributed by atoms with Gasteiger partial charge in [-0.05, 0) is 35.9 Å². The lowest BCUT2D eigenvalue weighted by atomic mass is 10.1. The van der Waals surface area contributed by atoms with Crippen LogP contribution < -0.4 is 5.32 Å². The number of aromatic amines is 1. The third-order valence-corrected chi connectivity index (χ3v) is 3.28. The van der Waals surface area contributed by atoms with Gasteiger partial charge in [-0.3, -0.25) is 14.7 Å². The first-order chi connectivity index (χ1) is 10.7. The van der Waals surface area contributed by atoms with Crippen molar-refractivity contribution >= 4 is 28.8 Å². The number of aldehydes is 1. The zero-order chi connectivity index (χ0) is 15.5. The molecule has 1 amide bonds. The van der Waals surface area contributed by atoms with E-state index >= 15 is 0 Å². The fourth-order valence-electron chi connectivity index (χ4n) is 2.21. The van der Waals surface area contributed by atoms with Crippen LogP contribution in [0.4, 0.5) is 5.69 Å². The number of rotatable bonds is 4. The van der Waals surface area contributed by atoms with Crippen LogP contribution >= 0.6 is 0 Å². The molecule has 0 radical (unpaired) electrons. The van der Waals surface area contributed by atoms with Crippen LogP contribution in [0, 0.1) is 0 Å². The molecule has 3 rings (SSSR count). The molecule has 1 aromatic heterocycles. The molecule has 3 N–H and O–H groups in total. The van der Waals surface area contributed by atoms with Crippen LogP contribution in [-0.4, -0.2) is 27.5 Å². The number of nitrogens with zero attached hydrogens (tertiary/aromatic N) is 1. The molecule has 2 aromatic carbocycles. The van der Waals surface area contributed by atoms with Crippen LogP contribution in [0.2, 0.25) is 0 Å². The fraction of sp³-hybridized carbons (Fsp3) is 0.0625. The number of fused-ring (bicyclic) bond motifs is 1. The SMILES string of the molecule is O=Cc1[nH]nc2cc(CC(=O)Nc3ccc(O)cc3)ccc12. The summed E-state index contributed by atoms with van der Waals surface area (Å²) < 4.78 is 0. The van der Waals surface area contributed by atoms with E-state index < -0.39 is 0 Å². The van der Waals surface area contributed by atoms with Crippen LogP contribution in [0.15, 0.2) is 42.5 Å². The number of benzene rings is 2. The predicted molar refractivity (Wildman–Crippen MR) is 81.9 cm³/mol. The van der Waals surface area contributed by atoms with Gasteiger partial charge in [-0.1, -0.05) is 12.1 Å².